The second-order valence-corrected chi connectivity index (χ2v) is 8.91. The molecule has 11 heteroatoms. The van der Waals surface area contributed by atoms with Gasteiger partial charge in [0.15, 0.2) is 5.75 Å². The SMILES string of the molecule is N#Cc1cnc2cc(OC3CCOC3)c([N+](=O)[O-])cc2c1Nc1ccc(OCc2ccccc2F)c(Cl)c1. The standard InChI is InChI=1S/C27H20ClFN4O5/c28-21-9-18(5-6-25(21)37-14-16-3-1-2-4-22(16)29)32-27-17(12-30)13-31-23-11-26(38-19-7-8-36-15-19)24(33(34)35)10-20(23)27/h1-6,9-11,13,19H,7-8,14-15H2,(H,31,32). The molecule has 0 saturated carbocycles. The number of aromatic nitrogens is 1. The molecule has 0 spiro atoms. The van der Waals surface area contributed by atoms with Crippen molar-refractivity contribution in [3.63, 3.8) is 0 Å². The van der Waals surface area contributed by atoms with Crippen LogP contribution in [0.5, 0.6) is 11.5 Å². The first-order valence-corrected chi connectivity index (χ1v) is 12.0. The Morgan fingerprint density at radius 2 is 2.08 bits per heavy atom. The fourth-order valence-corrected chi connectivity index (χ4v) is 4.30. The highest BCUT2D eigenvalue weighted by Crippen LogP contribution is 2.38. The van der Waals surface area contributed by atoms with Crippen molar-refractivity contribution in [3.05, 3.63) is 92.9 Å². The molecular weight excluding hydrogens is 515 g/mol. The highest BCUT2D eigenvalue weighted by molar-refractivity contribution is 6.32. The smallest absolute Gasteiger partial charge is 0.311 e. The second kappa shape index (κ2) is 10.9. The van der Waals surface area contributed by atoms with Gasteiger partial charge in [0, 0.05) is 41.4 Å². The van der Waals surface area contributed by atoms with Gasteiger partial charge < -0.3 is 19.5 Å². The van der Waals surface area contributed by atoms with E-state index in [1.807, 2.05) is 0 Å². The minimum Gasteiger partial charge on any atom is -0.487 e. The average molecular weight is 535 g/mol. The number of benzene rings is 3. The van der Waals surface area contributed by atoms with Crippen molar-refractivity contribution in [2.24, 2.45) is 0 Å². The lowest BCUT2D eigenvalue weighted by Crippen LogP contribution is -2.16. The third kappa shape index (κ3) is 5.29. The molecule has 5 rings (SSSR count). The van der Waals surface area contributed by atoms with Crippen molar-refractivity contribution in [3.8, 4) is 17.6 Å². The zero-order valence-corrected chi connectivity index (χ0v) is 20.6. The van der Waals surface area contributed by atoms with Gasteiger partial charge in [0.25, 0.3) is 0 Å². The summed E-state index contributed by atoms with van der Waals surface area (Å²) in [6, 6.07) is 16.0. The van der Waals surface area contributed by atoms with E-state index in [9.17, 15) is 19.8 Å². The van der Waals surface area contributed by atoms with Gasteiger partial charge >= 0.3 is 5.69 Å². The van der Waals surface area contributed by atoms with E-state index in [4.69, 9.17) is 25.8 Å². The molecule has 0 bridgehead atoms. The van der Waals surface area contributed by atoms with Crippen LogP contribution in [-0.2, 0) is 11.3 Å². The lowest BCUT2D eigenvalue weighted by atomic mass is 10.1. The van der Waals surface area contributed by atoms with Crippen LogP contribution in [0, 0.1) is 27.3 Å². The normalized spacial score (nSPS) is 14.7. The molecule has 38 heavy (non-hydrogen) atoms. The number of anilines is 2. The maximum Gasteiger partial charge on any atom is 0.311 e. The second-order valence-electron chi connectivity index (χ2n) is 8.51. The fraction of sp³-hybridized carbons (Fsp3) is 0.185. The molecule has 1 unspecified atom stereocenters. The highest BCUT2D eigenvalue weighted by atomic mass is 35.5. The van der Waals surface area contributed by atoms with Gasteiger partial charge in [-0.05, 0) is 24.3 Å². The van der Waals surface area contributed by atoms with Gasteiger partial charge in [-0.15, -0.1) is 0 Å². The molecule has 192 valence electrons. The minimum atomic E-state index is -0.536. The van der Waals surface area contributed by atoms with Crippen molar-refractivity contribution < 1.29 is 23.5 Å². The third-order valence-corrected chi connectivity index (χ3v) is 6.28. The van der Waals surface area contributed by atoms with Crippen molar-refractivity contribution >= 4 is 39.6 Å². The van der Waals surface area contributed by atoms with Crippen molar-refractivity contribution in [2.45, 2.75) is 19.1 Å². The molecule has 1 fully saturated rings. The van der Waals surface area contributed by atoms with Crippen molar-refractivity contribution in [2.75, 3.05) is 18.5 Å². The Balaban J connectivity index is 1.45. The predicted octanol–water partition coefficient (Wildman–Crippen LogP) is 6.30. The van der Waals surface area contributed by atoms with Crippen molar-refractivity contribution in [1.82, 2.24) is 4.98 Å². The molecular formula is C27H20ClFN4O5. The first-order valence-electron chi connectivity index (χ1n) is 11.6. The fourth-order valence-electron chi connectivity index (χ4n) is 4.06. The summed E-state index contributed by atoms with van der Waals surface area (Å²) in [6.07, 6.45) is 1.72. The predicted molar refractivity (Wildman–Crippen MR) is 138 cm³/mol. The summed E-state index contributed by atoms with van der Waals surface area (Å²) < 4.78 is 30.7. The van der Waals surface area contributed by atoms with Crippen LogP contribution in [0.2, 0.25) is 5.02 Å². The maximum absolute atomic E-state index is 13.9. The number of hydrogen-bond donors (Lipinski definition) is 1. The van der Waals surface area contributed by atoms with Gasteiger partial charge in [-0.25, -0.2) is 4.39 Å². The first-order chi connectivity index (χ1) is 18.4. The molecule has 1 N–H and O–H groups in total. The summed E-state index contributed by atoms with van der Waals surface area (Å²) in [5, 5.41) is 25.3. The zero-order chi connectivity index (χ0) is 26.6. The minimum absolute atomic E-state index is 0.00616. The lowest BCUT2D eigenvalue weighted by Gasteiger charge is -2.16. The maximum atomic E-state index is 13.9. The number of nitro benzene ring substituents is 1. The zero-order valence-electron chi connectivity index (χ0n) is 19.8. The molecule has 3 aromatic carbocycles. The van der Waals surface area contributed by atoms with E-state index in [0.29, 0.717) is 53.2 Å². The number of nitrogens with one attached hydrogen (secondary N) is 1. The van der Waals surface area contributed by atoms with E-state index in [1.165, 1.54) is 24.4 Å². The van der Waals surface area contributed by atoms with E-state index in [0.717, 1.165) is 0 Å². The molecule has 1 aromatic heterocycles. The number of nitrogens with zero attached hydrogens (tertiary/aromatic N) is 3. The quantitative estimate of drug-likeness (QED) is 0.207. The summed E-state index contributed by atoms with van der Waals surface area (Å²) in [5.41, 5.74) is 1.55. The molecule has 1 aliphatic heterocycles. The average Bonchev–Trinajstić information content (AvgIpc) is 3.42. The van der Waals surface area contributed by atoms with Crippen LogP contribution in [-0.4, -0.2) is 29.2 Å². The Kier molecular flexibility index (Phi) is 7.22. The van der Waals surface area contributed by atoms with Crippen LogP contribution in [0.3, 0.4) is 0 Å². The summed E-state index contributed by atoms with van der Waals surface area (Å²) >= 11 is 6.41. The Morgan fingerprint density at radius 3 is 2.79 bits per heavy atom. The first kappa shape index (κ1) is 25.2. The van der Waals surface area contributed by atoms with Gasteiger partial charge in [-0.1, -0.05) is 29.8 Å². The van der Waals surface area contributed by atoms with Gasteiger partial charge in [-0.3, -0.25) is 15.1 Å². The van der Waals surface area contributed by atoms with Gasteiger partial charge in [0.05, 0.1) is 39.9 Å². The number of fused-ring (bicyclic) bond motifs is 1. The molecule has 2 heterocycles. The van der Waals surface area contributed by atoms with Crippen LogP contribution in [0.25, 0.3) is 10.9 Å². The van der Waals surface area contributed by atoms with Crippen LogP contribution >= 0.6 is 11.6 Å². The van der Waals surface area contributed by atoms with Crippen LogP contribution < -0.4 is 14.8 Å². The van der Waals surface area contributed by atoms with E-state index < -0.39 is 4.92 Å². The summed E-state index contributed by atoms with van der Waals surface area (Å²) in [4.78, 5) is 15.6. The molecule has 9 nitrogen and oxygen atoms in total. The number of halogens is 2. The molecule has 0 aliphatic carbocycles. The molecule has 4 aromatic rings. The number of nitriles is 1. The van der Waals surface area contributed by atoms with E-state index in [1.54, 1.807) is 36.4 Å². The Labute approximate surface area is 221 Å². The molecule has 1 aliphatic rings. The van der Waals surface area contributed by atoms with Crippen LogP contribution in [0.15, 0.2) is 60.8 Å². The third-order valence-electron chi connectivity index (χ3n) is 5.99. The van der Waals surface area contributed by atoms with Gasteiger partial charge in [-0.2, -0.15) is 5.26 Å². The van der Waals surface area contributed by atoms with Gasteiger partial charge in [0.1, 0.15) is 30.3 Å². The summed E-state index contributed by atoms with van der Waals surface area (Å²) in [6.45, 7) is 0.872. The Hall–Kier alpha value is -4.46. The number of rotatable bonds is 8. The number of ether oxygens (including phenoxy) is 3. The van der Waals surface area contributed by atoms with E-state index >= 15 is 0 Å². The lowest BCUT2D eigenvalue weighted by molar-refractivity contribution is -0.385. The monoisotopic (exact) mass is 534 g/mol. The molecule has 0 radical (unpaired) electrons. The van der Waals surface area contributed by atoms with E-state index in [-0.39, 0.29) is 40.6 Å². The van der Waals surface area contributed by atoms with Crippen LogP contribution in [0.4, 0.5) is 21.5 Å². The Morgan fingerprint density at radius 1 is 1.24 bits per heavy atom. The topological polar surface area (TPSA) is 120 Å². The van der Waals surface area contributed by atoms with Crippen molar-refractivity contribution in [1.29, 1.82) is 5.26 Å². The number of hydrogen-bond acceptors (Lipinski definition) is 8. The summed E-state index contributed by atoms with van der Waals surface area (Å²) in [7, 11) is 0. The largest absolute Gasteiger partial charge is 0.487 e. The van der Waals surface area contributed by atoms with E-state index in [2.05, 4.69) is 16.4 Å². The van der Waals surface area contributed by atoms with Gasteiger partial charge in [0.2, 0.25) is 0 Å². The van der Waals surface area contributed by atoms with Crippen LogP contribution in [0.1, 0.15) is 17.5 Å². The Bertz CT molecular complexity index is 1570. The summed E-state index contributed by atoms with van der Waals surface area (Å²) in [5.74, 6) is 0.0455. The number of nitro groups is 1. The molecule has 1 atom stereocenters. The molecule has 1 saturated heterocycles. The highest BCUT2D eigenvalue weighted by Gasteiger charge is 2.25. The number of pyridine rings is 1. The molecule has 0 amide bonds.